The summed E-state index contributed by atoms with van der Waals surface area (Å²) >= 11 is 0. The van der Waals surface area contributed by atoms with Gasteiger partial charge in [0.05, 0.1) is 38.4 Å². The quantitative estimate of drug-likeness (QED) is 0.566. The number of nitrogens with zero attached hydrogens (tertiary/aromatic N) is 2. The first-order valence-corrected chi connectivity index (χ1v) is 12.9. The predicted molar refractivity (Wildman–Crippen MR) is 132 cm³/mol. The highest BCUT2D eigenvalue weighted by Crippen LogP contribution is 2.36. The lowest BCUT2D eigenvalue weighted by Crippen LogP contribution is -2.34. The van der Waals surface area contributed by atoms with Gasteiger partial charge in [0.15, 0.2) is 0 Å². The van der Waals surface area contributed by atoms with E-state index in [1.54, 1.807) is 54.6 Å². The van der Waals surface area contributed by atoms with Crippen LogP contribution in [0.5, 0.6) is 0 Å². The van der Waals surface area contributed by atoms with Gasteiger partial charge in [0, 0.05) is 18.7 Å². The molecule has 0 saturated carbocycles. The summed E-state index contributed by atoms with van der Waals surface area (Å²) < 4.78 is 27.0. The molecule has 1 N–H and O–H groups in total. The first-order chi connectivity index (χ1) is 17.0. The van der Waals surface area contributed by atoms with Crippen molar-refractivity contribution in [2.45, 2.75) is 29.2 Å². The number of hydrogen-bond acceptors (Lipinski definition) is 4. The Balaban J connectivity index is 1.48. The molecule has 0 bridgehead atoms. The first-order valence-electron chi connectivity index (χ1n) is 11.7. The van der Waals surface area contributed by atoms with E-state index in [1.165, 1.54) is 29.9 Å². The minimum absolute atomic E-state index is 0.150. The van der Waals surface area contributed by atoms with Gasteiger partial charge in [-0.3, -0.25) is 9.59 Å². The average molecular weight is 492 g/mol. The number of likely N-dealkylation sites (tertiary alicyclic amines) is 1. The van der Waals surface area contributed by atoms with E-state index in [0.29, 0.717) is 33.2 Å². The van der Waals surface area contributed by atoms with Gasteiger partial charge in [0.25, 0.3) is 11.8 Å². The van der Waals surface area contributed by atoms with Gasteiger partial charge in [-0.05, 0) is 74.0 Å². The Hall–Kier alpha value is -3.36. The van der Waals surface area contributed by atoms with Crippen LogP contribution >= 0.6 is 0 Å². The molecular formula is C27H26FN3O3S. The van der Waals surface area contributed by atoms with Gasteiger partial charge in [-0.1, -0.05) is 24.3 Å². The topological polar surface area (TPSA) is 69.7 Å². The second-order valence-electron chi connectivity index (χ2n) is 8.77. The van der Waals surface area contributed by atoms with Gasteiger partial charge >= 0.3 is 0 Å². The lowest BCUT2D eigenvalue weighted by Gasteiger charge is -2.24. The van der Waals surface area contributed by atoms with E-state index in [2.05, 4.69) is 10.2 Å². The van der Waals surface area contributed by atoms with Crippen LogP contribution < -0.4 is 10.2 Å². The van der Waals surface area contributed by atoms with Crippen molar-refractivity contribution in [2.75, 3.05) is 31.1 Å². The molecule has 1 atom stereocenters. The van der Waals surface area contributed by atoms with Crippen LogP contribution in [0.4, 0.5) is 10.1 Å². The summed E-state index contributed by atoms with van der Waals surface area (Å²) in [6.07, 6.45) is 2.38. The third kappa shape index (κ3) is 4.90. The lowest BCUT2D eigenvalue weighted by atomic mass is 10.1. The summed E-state index contributed by atoms with van der Waals surface area (Å²) in [4.78, 5) is 31.3. The van der Waals surface area contributed by atoms with Crippen LogP contribution in [0.1, 0.15) is 39.1 Å². The van der Waals surface area contributed by atoms with Gasteiger partial charge in [-0.25, -0.2) is 8.60 Å². The van der Waals surface area contributed by atoms with E-state index in [1.807, 2.05) is 0 Å². The molecule has 2 aliphatic heterocycles. The molecule has 2 heterocycles. The maximum Gasteiger partial charge on any atom is 0.259 e. The maximum absolute atomic E-state index is 13.6. The number of rotatable bonds is 6. The lowest BCUT2D eigenvalue weighted by molar-refractivity contribution is 0.0946. The third-order valence-electron chi connectivity index (χ3n) is 6.44. The Kier molecular flexibility index (Phi) is 6.74. The molecule has 180 valence electrons. The molecule has 2 amide bonds. The molecule has 0 radical (unpaired) electrons. The zero-order valence-electron chi connectivity index (χ0n) is 19.2. The summed E-state index contributed by atoms with van der Waals surface area (Å²) in [6, 6.07) is 17.7. The Bertz CT molecular complexity index is 1290. The van der Waals surface area contributed by atoms with E-state index in [-0.39, 0.29) is 24.2 Å². The van der Waals surface area contributed by atoms with Crippen LogP contribution in [0, 0.1) is 5.82 Å². The fourth-order valence-corrected chi connectivity index (χ4v) is 5.91. The first kappa shape index (κ1) is 23.4. The van der Waals surface area contributed by atoms with Crippen molar-refractivity contribution in [1.29, 1.82) is 0 Å². The van der Waals surface area contributed by atoms with E-state index in [9.17, 15) is 18.2 Å². The Morgan fingerprint density at radius 3 is 2.49 bits per heavy atom. The summed E-state index contributed by atoms with van der Waals surface area (Å²) in [6.45, 7) is 3.59. The molecule has 2 aliphatic rings. The predicted octanol–water partition coefficient (Wildman–Crippen LogP) is 3.98. The number of halogens is 1. The molecule has 5 rings (SSSR count). The molecule has 35 heavy (non-hydrogen) atoms. The highest BCUT2D eigenvalue weighted by Gasteiger charge is 2.31. The zero-order chi connectivity index (χ0) is 24.4. The number of carbonyl (C=O) groups is 2. The van der Waals surface area contributed by atoms with Crippen molar-refractivity contribution in [2.24, 2.45) is 0 Å². The number of nitrogens with one attached hydrogen (secondary N) is 1. The summed E-state index contributed by atoms with van der Waals surface area (Å²) in [5, 5.41) is 2.96. The van der Waals surface area contributed by atoms with Crippen LogP contribution in [0.15, 0.2) is 76.5 Å². The number of benzene rings is 3. The number of fused-ring (bicyclic) bond motifs is 2. The zero-order valence-corrected chi connectivity index (χ0v) is 20.0. The smallest absolute Gasteiger partial charge is 0.259 e. The second-order valence-corrected chi connectivity index (χ2v) is 10.2. The SMILES string of the molecule is O=C(NCCN1CCCC1)c1ccc2c(c1)N(Cc1ccc(F)cc1)C(=O)c1ccccc1[S@]2=O. The second kappa shape index (κ2) is 10.1. The summed E-state index contributed by atoms with van der Waals surface area (Å²) in [5.41, 5.74) is 1.88. The molecule has 8 heteroatoms. The molecule has 3 aromatic rings. The molecule has 6 nitrogen and oxygen atoms in total. The minimum Gasteiger partial charge on any atom is -0.351 e. The van der Waals surface area contributed by atoms with Gasteiger partial charge in [-0.15, -0.1) is 0 Å². The van der Waals surface area contributed by atoms with Gasteiger partial charge in [0.2, 0.25) is 0 Å². The highest BCUT2D eigenvalue weighted by atomic mass is 32.2. The standard InChI is InChI=1S/C27H26FN3O3S/c28-21-10-7-19(8-11-21)18-31-23-17-20(26(32)29-13-16-30-14-3-4-15-30)9-12-25(23)35(34)24-6-2-1-5-22(24)27(31)33/h1-2,5-12,17H,3-4,13-16,18H2,(H,29,32)/t35-/m1/s1. The summed E-state index contributed by atoms with van der Waals surface area (Å²) in [7, 11) is -1.60. The van der Waals surface area contributed by atoms with Crippen molar-refractivity contribution >= 4 is 28.3 Å². The van der Waals surface area contributed by atoms with E-state index in [0.717, 1.165) is 25.2 Å². The van der Waals surface area contributed by atoms with Crippen molar-refractivity contribution in [3.63, 3.8) is 0 Å². The summed E-state index contributed by atoms with van der Waals surface area (Å²) in [5.74, 6) is -0.923. The van der Waals surface area contributed by atoms with Crippen LogP contribution in [0.3, 0.4) is 0 Å². The van der Waals surface area contributed by atoms with Crippen molar-refractivity contribution in [3.05, 3.63) is 89.2 Å². The van der Waals surface area contributed by atoms with Gasteiger partial charge < -0.3 is 15.1 Å². The number of carbonyl (C=O) groups excluding carboxylic acids is 2. The van der Waals surface area contributed by atoms with Crippen LogP contribution in [-0.2, 0) is 17.3 Å². The third-order valence-corrected chi connectivity index (χ3v) is 7.94. The maximum atomic E-state index is 13.6. The van der Waals surface area contributed by atoms with Crippen LogP contribution in [0.25, 0.3) is 0 Å². The normalized spacial score (nSPS) is 17.6. The van der Waals surface area contributed by atoms with Gasteiger partial charge in [-0.2, -0.15) is 0 Å². The minimum atomic E-state index is -1.60. The molecular weight excluding hydrogens is 465 g/mol. The Labute approximate surface area is 206 Å². The number of anilines is 1. The fourth-order valence-electron chi connectivity index (χ4n) is 4.57. The van der Waals surface area contributed by atoms with E-state index < -0.39 is 10.8 Å². The Morgan fingerprint density at radius 1 is 0.971 bits per heavy atom. The molecule has 1 fully saturated rings. The molecule has 0 aliphatic carbocycles. The van der Waals surface area contributed by atoms with E-state index >= 15 is 0 Å². The van der Waals surface area contributed by atoms with Crippen LogP contribution in [0.2, 0.25) is 0 Å². The average Bonchev–Trinajstić information content (AvgIpc) is 3.38. The van der Waals surface area contributed by atoms with Crippen molar-refractivity contribution < 1.29 is 18.2 Å². The number of hydrogen-bond donors (Lipinski definition) is 1. The molecule has 3 aromatic carbocycles. The molecule has 0 unspecified atom stereocenters. The molecule has 1 saturated heterocycles. The Morgan fingerprint density at radius 2 is 1.71 bits per heavy atom. The van der Waals surface area contributed by atoms with Gasteiger partial charge in [0.1, 0.15) is 5.82 Å². The monoisotopic (exact) mass is 491 g/mol. The van der Waals surface area contributed by atoms with Crippen LogP contribution in [-0.4, -0.2) is 47.1 Å². The highest BCUT2D eigenvalue weighted by molar-refractivity contribution is 7.85. The fraction of sp³-hybridized carbons (Fsp3) is 0.259. The largest absolute Gasteiger partial charge is 0.351 e. The van der Waals surface area contributed by atoms with Crippen molar-refractivity contribution in [3.8, 4) is 0 Å². The molecule has 0 spiro atoms. The molecule has 0 aromatic heterocycles. The van der Waals surface area contributed by atoms with Crippen molar-refractivity contribution in [1.82, 2.24) is 10.2 Å². The van der Waals surface area contributed by atoms with E-state index in [4.69, 9.17) is 0 Å². The number of amides is 2.